The van der Waals surface area contributed by atoms with Gasteiger partial charge in [0.1, 0.15) is 15.8 Å². The normalized spacial score (nSPS) is 17.3. The molecule has 3 atom stereocenters. The molecule has 2 aliphatic carbocycles. The molecule has 22 nitrogen and oxygen atoms in total. The van der Waals surface area contributed by atoms with E-state index in [1.165, 1.54) is 45.0 Å². The van der Waals surface area contributed by atoms with Crippen molar-refractivity contribution in [1.82, 2.24) is 40.0 Å². The maximum atomic E-state index is 12.1. The van der Waals surface area contributed by atoms with E-state index in [2.05, 4.69) is 46.0 Å². The summed E-state index contributed by atoms with van der Waals surface area (Å²) in [6.07, 6.45) is 2.71. The minimum absolute atomic E-state index is 0.00104. The molecule has 65 heavy (non-hydrogen) atoms. The summed E-state index contributed by atoms with van der Waals surface area (Å²) in [6.45, 7) is 11.4. The van der Waals surface area contributed by atoms with Crippen LogP contribution >= 0.6 is 22.7 Å². The van der Waals surface area contributed by atoms with Crippen LogP contribution in [0.25, 0.3) is 26.8 Å². The molecule has 0 aliphatic heterocycles. The largest absolute Gasteiger partial charge is 0.478 e. The minimum Gasteiger partial charge on any atom is -0.478 e. The van der Waals surface area contributed by atoms with Gasteiger partial charge in [-0.2, -0.15) is 10.2 Å². The van der Waals surface area contributed by atoms with E-state index in [9.17, 15) is 39.6 Å². The Morgan fingerprint density at radius 3 is 1.68 bits per heavy atom. The van der Waals surface area contributed by atoms with E-state index in [0.717, 1.165) is 17.4 Å². The average Bonchev–Trinajstić information content (AvgIpc) is 3.71. The zero-order chi connectivity index (χ0) is 46.9. The van der Waals surface area contributed by atoms with Gasteiger partial charge in [0, 0.05) is 39.4 Å². The number of benzene rings is 2. The number of hydrogen-bond donors (Lipinski definition) is 6. The molecule has 0 bridgehead atoms. The Bertz CT molecular complexity index is 3070. The number of aromatic nitrogens is 8. The Labute approximate surface area is 375 Å². The van der Waals surface area contributed by atoms with E-state index < -0.39 is 52.6 Å². The summed E-state index contributed by atoms with van der Waals surface area (Å²) in [5.41, 5.74) is 14.2. The number of allylic oxidation sites excluding steroid dienone is 1. The number of nitrogens with two attached hydrogens (primary N) is 2. The fourth-order valence-electron chi connectivity index (χ4n) is 7.27. The first kappa shape index (κ1) is 43.8. The molecule has 1 fully saturated rings. The molecule has 0 saturated heterocycles. The van der Waals surface area contributed by atoms with Crippen molar-refractivity contribution in [2.75, 3.05) is 11.5 Å². The van der Waals surface area contributed by atoms with Crippen LogP contribution in [0.5, 0.6) is 0 Å². The van der Waals surface area contributed by atoms with E-state index in [1.807, 2.05) is 65.8 Å². The fourth-order valence-corrected chi connectivity index (χ4v) is 8.60. The fraction of sp³-hybridized carbons (Fsp3) is 0.268. The van der Waals surface area contributed by atoms with Crippen LogP contribution in [0.1, 0.15) is 79.7 Å². The van der Waals surface area contributed by atoms with Crippen LogP contribution in [0.2, 0.25) is 0 Å². The van der Waals surface area contributed by atoms with Crippen molar-refractivity contribution < 1.29 is 39.6 Å². The molecular weight excluding hydrogens is 881 g/mol. The van der Waals surface area contributed by atoms with E-state index in [0.29, 0.717) is 32.5 Å². The molecule has 2 aliphatic rings. The highest BCUT2D eigenvalue weighted by molar-refractivity contribution is 7.18. The van der Waals surface area contributed by atoms with Gasteiger partial charge < -0.3 is 31.9 Å². The SMILES string of the molecule is CC(C)(C)c1nn(-c2cc(C(=O)O)cc(C(=O)O)c2)c(N)c1N=Nc1nnc(-c2cccc(-c3nnc(N=Nc4c(C(C)(C)C)nn(C5C6C=C(C(=O)O)C=C(C(=O)O)C65)c4N)s3)c2)s1. The van der Waals surface area contributed by atoms with Gasteiger partial charge in [-0.25, -0.2) is 28.5 Å². The second-order valence-electron chi connectivity index (χ2n) is 17.1. The topological polar surface area (TPSA) is 338 Å². The summed E-state index contributed by atoms with van der Waals surface area (Å²) < 4.78 is 2.74. The summed E-state index contributed by atoms with van der Waals surface area (Å²) in [4.78, 5) is 47.4. The van der Waals surface area contributed by atoms with Crippen molar-refractivity contribution in [2.24, 2.45) is 32.3 Å². The van der Waals surface area contributed by atoms with Crippen LogP contribution in [-0.2, 0) is 20.4 Å². The predicted molar refractivity (Wildman–Crippen MR) is 236 cm³/mol. The van der Waals surface area contributed by atoms with E-state index in [4.69, 9.17) is 16.6 Å². The standard InChI is InChI=1S/C41H38N14O8S2/c1-40(2,3)28-25(30(42)54(52-28)21-12-18(34(56)57)11-19(13-21)35(58)59)44-48-38-50-46-32(64-38)16-8-7-9-17(10-16)33-47-51-39(65-33)49-45-26-29(41(4,5)6)53-55(31(26)43)27-22-14-20(36(60)61)15-23(24(22)27)37(62)63/h7-15,22,24,27H,42-43H2,1-6H3,(H,56,57)(H,58,59)(H,60,61)(H,62,63). The molecular formula is C41H38N14O8S2. The Balaban J connectivity index is 1.03. The summed E-state index contributed by atoms with van der Waals surface area (Å²) in [6, 6.07) is 10.4. The lowest BCUT2D eigenvalue weighted by Gasteiger charge is -2.15. The van der Waals surface area contributed by atoms with Gasteiger partial charge in [-0.15, -0.1) is 40.9 Å². The summed E-state index contributed by atoms with van der Waals surface area (Å²) >= 11 is 2.31. The third-order valence-corrected chi connectivity index (χ3v) is 12.1. The number of carboxylic acid groups (broad SMARTS) is 4. The molecule has 8 N–H and O–H groups in total. The predicted octanol–water partition coefficient (Wildman–Crippen LogP) is 7.92. The van der Waals surface area contributed by atoms with Crippen LogP contribution in [-0.4, -0.2) is 84.3 Å². The summed E-state index contributed by atoms with van der Waals surface area (Å²) in [7, 11) is 0. The van der Waals surface area contributed by atoms with E-state index >= 15 is 0 Å². The Kier molecular flexibility index (Phi) is 10.8. The number of fused-ring (bicyclic) bond motifs is 1. The van der Waals surface area contributed by atoms with Crippen molar-refractivity contribution in [1.29, 1.82) is 0 Å². The molecule has 332 valence electrons. The molecule has 0 spiro atoms. The number of aromatic carboxylic acids is 2. The van der Waals surface area contributed by atoms with Crippen molar-refractivity contribution in [3.8, 4) is 26.8 Å². The van der Waals surface area contributed by atoms with E-state index in [-0.39, 0.29) is 61.2 Å². The second-order valence-corrected chi connectivity index (χ2v) is 19.0. The number of hydrogen-bond acceptors (Lipinski definition) is 18. The third-order valence-electron chi connectivity index (χ3n) is 10.4. The molecule has 4 heterocycles. The Morgan fingerprint density at radius 2 is 1.18 bits per heavy atom. The highest BCUT2D eigenvalue weighted by atomic mass is 32.1. The highest BCUT2D eigenvalue weighted by Crippen LogP contribution is 2.59. The van der Waals surface area contributed by atoms with Crippen molar-refractivity contribution in [3.63, 3.8) is 0 Å². The van der Waals surface area contributed by atoms with Crippen molar-refractivity contribution in [3.05, 3.63) is 88.3 Å². The van der Waals surface area contributed by atoms with Crippen LogP contribution in [0.3, 0.4) is 0 Å². The van der Waals surface area contributed by atoms with Crippen LogP contribution in [0.4, 0.5) is 33.3 Å². The zero-order valence-corrected chi connectivity index (χ0v) is 36.8. The number of aliphatic carboxylic acids is 2. The van der Waals surface area contributed by atoms with Gasteiger partial charge in [-0.3, -0.25) is 0 Å². The Morgan fingerprint density at radius 1 is 0.662 bits per heavy atom. The summed E-state index contributed by atoms with van der Waals surface area (Å²) in [5, 5.41) is 84.0. The van der Waals surface area contributed by atoms with Gasteiger partial charge in [0.25, 0.3) is 10.3 Å². The number of carboxylic acids is 4. The molecule has 24 heteroatoms. The summed E-state index contributed by atoms with van der Waals surface area (Å²) in [5.74, 6) is -5.87. The van der Waals surface area contributed by atoms with Crippen molar-refractivity contribution in [2.45, 2.75) is 58.4 Å². The van der Waals surface area contributed by atoms with E-state index in [1.54, 1.807) is 0 Å². The lowest BCUT2D eigenvalue weighted by Crippen LogP contribution is -2.14. The maximum Gasteiger partial charge on any atom is 0.335 e. The average molecular weight is 919 g/mol. The first-order chi connectivity index (χ1) is 30.6. The van der Waals surface area contributed by atoms with Gasteiger partial charge in [0.15, 0.2) is 17.2 Å². The Hall–Kier alpha value is -7.86. The van der Waals surface area contributed by atoms with Crippen molar-refractivity contribution >= 4 is 79.8 Å². The molecule has 1 saturated carbocycles. The third kappa shape index (κ3) is 8.38. The number of azo groups is 2. The van der Waals surface area contributed by atoms with Gasteiger partial charge >= 0.3 is 23.9 Å². The smallest absolute Gasteiger partial charge is 0.335 e. The number of nitrogen functional groups attached to an aromatic ring is 2. The molecule has 0 amide bonds. The molecule has 6 aromatic rings. The molecule has 3 unspecified atom stereocenters. The second kappa shape index (κ2) is 16.0. The van der Waals surface area contributed by atoms with Crippen LogP contribution < -0.4 is 11.5 Å². The number of anilines is 2. The first-order valence-corrected chi connectivity index (χ1v) is 21.1. The quantitative estimate of drug-likeness (QED) is 0.0635. The van der Waals surface area contributed by atoms with Crippen LogP contribution in [0.15, 0.2) is 86.2 Å². The lowest BCUT2D eigenvalue weighted by molar-refractivity contribution is -0.133. The monoisotopic (exact) mass is 918 g/mol. The number of nitrogens with zero attached hydrogens (tertiary/aromatic N) is 12. The number of rotatable bonds is 12. The molecule has 4 aromatic heterocycles. The first-order valence-electron chi connectivity index (χ1n) is 19.5. The maximum absolute atomic E-state index is 12.1. The molecule has 0 radical (unpaired) electrons. The van der Waals surface area contributed by atoms with Gasteiger partial charge in [0.05, 0.1) is 39.8 Å². The van der Waals surface area contributed by atoms with Gasteiger partial charge in [-0.1, -0.05) is 88.5 Å². The van der Waals surface area contributed by atoms with Gasteiger partial charge in [0.2, 0.25) is 0 Å². The van der Waals surface area contributed by atoms with Gasteiger partial charge in [-0.05, 0) is 30.3 Å². The number of carbonyl (C=O) groups is 4. The minimum atomic E-state index is -1.32. The zero-order valence-electron chi connectivity index (χ0n) is 35.2. The highest BCUT2D eigenvalue weighted by Gasteiger charge is 2.57. The molecule has 8 rings (SSSR count). The van der Waals surface area contributed by atoms with Crippen LogP contribution in [0, 0.1) is 11.8 Å². The molecule has 2 aromatic carbocycles. The lowest BCUT2D eigenvalue weighted by atomic mass is 9.91.